The number of ether oxygens (including phenoxy) is 1. The van der Waals surface area contributed by atoms with Gasteiger partial charge in [-0.2, -0.15) is 0 Å². The molecule has 0 bridgehead atoms. The standard InChI is InChI=1S/C31H48O4/c1-18-11-14-31(26(34)35-8)16-15-29(6)20(24(31)19(18)2)9-10-23-28(5)17-21(32)25(33)27(3,4)22(28)12-13-30(23,29)7/h9,18-19,22-25,33H,10-17H2,1-8H3/t18-,19+,22?,23?,24+,25?,28+,29-,30-,31+/m1/s1. The lowest BCUT2D eigenvalue weighted by Gasteiger charge is -2.71. The lowest BCUT2D eigenvalue weighted by molar-refractivity contribution is -0.205. The van der Waals surface area contributed by atoms with Crippen LogP contribution in [-0.2, 0) is 14.3 Å². The molecule has 3 unspecified atom stereocenters. The van der Waals surface area contributed by atoms with Gasteiger partial charge in [-0.05, 0) is 90.8 Å². The Labute approximate surface area is 212 Å². The number of esters is 1. The molecule has 35 heavy (non-hydrogen) atoms. The number of carbonyl (C=O) groups is 2. The van der Waals surface area contributed by atoms with Gasteiger partial charge in [-0.3, -0.25) is 9.59 Å². The van der Waals surface area contributed by atoms with Crippen LogP contribution < -0.4 is 0 Å². The number of Topliss-reactive ketones (excluding diaryl/α,β-unsaturated/α-hetero) is 1. The molecule has 5 aliphatic rings. The minimum atomic E-state index is -0.852. The highest BCUT2D eigenvalue weighted by atomic mass is 16.5. The van der Waals surface area contributed by atoms with Crippen LogP contribution in [0.3, 0.4) is 0 Å². The van der Waals surface area contributed by atoms with Gasteiger partial charge in [0.1, 0.15) is 6.10 Å². The van der Waals surface area contributed by atoms with Gasteiger partial charge in [-0.25, -0.2) is 0 Å². The van der Waals surface area contributed by atoms with E-state index in [0.717, 1.165) is 44.9 Å². The van der Waals surface area contributed by atoms with Gasteiger partial charge in [0.25, 0.3) is 0 Å². The van der Waals surface area contributed by atoms with E-state index in [1.165, 1.54) is 5.57 Å². The van der Waals surface area contributed by atoms with Gasteiger partial charge in [0.15, 0.2) is 5.78 Å². The maximum Gasteiger partial charge on any atom is 0.312 e. The van der Waals surface area contributed by atoms with Crippen molar-refractivity contribution in [2.75, 3.05) is 7.11 Å². The Bertz CT molecular complexity index is 965. The molecule has 0 aromatic heterocycles. The van der Waals surface area contributed by atoms with Crippen molar-refractivity contribution in [3.05, 3.63) is 11.6 Å². The number of fused-ring (bicyclic) bond motifs is 7. The zero-order chi connectivity index (χ0) is 25.8. The average Bonchev–Trinajstić information content (AvgIpc) is 2.79. The van der Waals surface area contributed by atoms with Crippen molar-refractivity contribution in [1.82, 2.24) is 0 Å². The molecule has 4 heteroatoms. The minimum absolute atomic E-state index is 0.000705. The maximum atomic E-state index is 13.4. The first-order valence-electron chi connectivity index (χ1n) is 14.2. The van der Waals surface area contributed by atoms with E-state index in [9.17, 15) is 14.7 Å². The van der Waals surface area contributed by atoms with E-state index >= 15 is 0 Å². The number of ketones is 1. The highest BCUT2D eigenvalue weighted by Gasteiger charge is 2.70. The molecule has 0 saturated heterocycles. The highest BCUT2D eigenvalue weighted by molar-refractivity contribution is 5.85. The van der Waals surface area contributed by atoms with Crippen LogP contribution in [-0.4, -0.2) is 30.1 Å². The largest absolute Gasteiger partial charge is 0.469 e. The fourth-order valence-electron chi connectivity index (χ4n) is 11.0. The zero-order valence-corrected chi connectivity index (χ0v) is 23.4. The maximum absolute atomic E-state index is 13.4. The van der Waals surface area contributed by atoms with Crippen LogP contribution in [0, 0.1) is 56.7 Å². The summed E-state index contributed by atoms with van der Waals surface area (Å²) in [6.45, 7) is 16.3. The van der Waals surface area contributed by atoms with Crippen molar-refractivity contribution >= 4 is 11.8 Å². The number of hydrogen-bond donors (Lipinski definition) is 1. The second-order valence-electron chi connectivity index (χ2n) is 14.7. The van der Waals surface area contributed by atoms with Gasteiger partial charge < -0.3 is 9.84 Å². The molecule has 0 aromatic carbocycles. The quantitative estimate of drug-likeness (QED) is 0.348. The Morgan fingerprint density at radius 1 is 1.00 bits per heavy atom. The Morgan fingerprint density at radius 2 is 1.69 bits per heavy atom. The molecule has 0 heterocycles. The van der Waals surface area contributed by atoms with Crippen molar-refractivity contribution in [1.29, 1.82) is 0 Å². The molecule has 1 N–H and O–H groups in total. The lowest BCUT2D eigenvalue weighted by Crippen LogP contribution is -2.66. The Kier molecular flexibility index (Phi) is 5.59. The van der Waals surface area contributed by atoms with E-state index in [-0.39, 0.29) is 39.3 Å². The van der Waals surface area contributed by atoms with Crippen molar-refractivity contribution in [2.45, 2.75) is 106 Å². The first-order valence-corrected chi connectivity index (χ1v) is 14.2. The van der Waals surface area contributed by atoms with Gasteiger partial charge in [0.05, 0.1) is 12.5 Å². The topological polar surface area (TPSA) is 63.6 Å². The van der Waals surface area contributed by atoms with Gasteiger partial charge >= 0.3 is 5.97 Å². The molecule has 0 radical (unpaired) electrons. The van der Waals surface area contributed by atoms with E-state index in [0.29, 0.717) is 30.1 Å². The molecule has 196 valence electrons. The summed E-state index contributed by atoms with van der Waals surface area (Å²) in [4.78, 5) is 26.5. The number of aliphatic hydroxyl groups is 1. The van der Waals surface area contributed by atoms with E-state index in [1.807, 2.05) is 0 Å². The van der Waals surface area contributed by atoms with E-state index < -0.39 is 11.5 Å². The third-order valence-electron chi connectivity index (χ3n) is 13.3. The van der Waals surface area contributed by atoms with Crippen LogP contribution in [0.4, 0.5) is 0 Å². The van der Waals surface area contributed by atoms with Crippen LogP contribution in [0.5, 0.6) is 0 Å². The summed E-state index contributed by atoms with van der Waals surface area (Å²) in [5, 5.41) is 10.8. The van der Waals surface area contributed by atoms with E-state index in [2.05, 4.69) is 54.5 Å². The number of hydrogen-bond acceptors (Lipinski definition) is 4. The molecule has 0 aliphatic heterocycles. The molecular weight excluding hydrogens is 436 g/mol. The van der Waals surface area contributed by atoms with Crippen LogP contribution in [0.2, 0.25) is 0 Å². The van der Waals surface area contributed by atoms with Crippen molar-refractivity contribution in [2.24, 2.45) is 56.7 Å². The third kappa shape index (κ3) is 2.95. The molecular formula is C31H48O4. The summed E-state index contributed by atoms with van der Waals surface area (Å²) in [6.07, 6.45) is 9.27. The number of rotatable bonds is 1. The predicted molar refractivity (Wildman–Crippen MR) is 137 cm³/mol. The van der Waals surface area contributed by atoms with Crippen LogP contribution in [0.15, 0.2) is 11.6 Å². The second-order valence-corrected chi connectivity index (χ2v) is 14.7. The monoisotopic (exact) mass is 484 g/mol. The smallest absolute Gasteiger partial charge is 0.312 e. The first-order chi connectivity index (χ1) is 16.2. The van der Waals surface area contributed by atoms with Crippen LogP contribution in [0.1, 0.15) is 99.8 Å². The lowest BCUT2D eigenvalue weighted by atomic mass is 9.33. The normalized spacial score (nSPS) is 52.8. The summed E-state index contributed by atoms with van der Waals surface area (Å²) in [7, 11) is 1.57. The number of methoxy groups -OCH3 is 1. The summed E-state index contributed by atoms with van der Waals surface area (Å²) >= 11 is 0. The summed E-state index contributed by atoms with van der Waals surface area (Å²) in [5.41, 5.74) is 0.722. The molecule has 0 amide bonds. The Hall–Kier alpha value is -1.16. The molecule has 0 aromatic rings. The fraction of sp³-hybridized carbons (Fsp3) is 0.871. The molecule has 4 fully saturated rings. The molecule has 5 aliphatic carbocycles. The average molecular weight is 485 g/mol. The summed E-state index contributed by atoms with van der Waals surface area (Å²) < 4.78 is 5.48. The number of allylic oxidation sites excluding steroid dienone is 2. The Balaban J connectivity index is 1.63. The minimum Gasteiger partial charge on any atom is -0.469 e. The molecule has 0 spiro atoms. The van der Waals surface area contributed by atoms with Crippen molar-refractivity contribution < 1.29 is 19.4 Å². The third-order valence-corrected chi connectivity index (χ3v) is 13.3. The summed E-state index contributed by atoms with van der Waals surface area (Å²) in [6, 6.07) is 0. The van der Waals surface area contributed by atoms with E-state index in [1.54, 1.807) is 7.11 Å². The van der Waals surface area contributed by atoms with Crippen LogP contribution >= 0.6 is 0 Å². The van der Waals surface area contributed by atoms with Crippen molar-refractivity contribution in [3.63, 3.8) is 0 Å². The SMILES string of the molecule is COC(=O)[C@]12CC[C@@H](C)[C@H](C)[C@H]1C1=CCC3[C@@]4(C)CC(=O)C(O)C(C)(C)C4CC[C@@]3(C)[C@]1(C)CC2. The predicted octanol–water partition coefficient (Wildman–Crippen LogP) is 6.36. The van der Waals surface area contributed by atoms with Gasteiger partial charge in [0, 0.05) is 11.8 Å². The van der Waals surface area contributed by atoms with Crippen molar-refractivity contribution in [3.8, 4) is 0 Å². The number of carbonyl (C=O) groups excluding carboxylic acids is 2. The van der Waals surface area contributed by atoms with Gasteiger partial charge in [-0.15, -0.1) is 0 Å². The highest BCUT2D eigenvalue weighted by Crippen LogP contribution is 2.75. The Morgan fingerprint density at radius 3 is 2.34 bits per heavy atom. The van der Waals surface area contributed by atoms with Crippen LogP contribution in [0.25, 0.3) is 0 Å². The van der Waals surface area contributed by atoms with Gasteiger partial charge in [-0.1, -0.05) is 60.1 Å². The summed E-state index contributed by atoms with van der Waals surface area (Å²) in [5.74, 6) is 2.06. The van der Waals surface area contributed by atoms with E-state index in [4.69, 9.17) is 4.74 Å². The number of aliphatic hydroxyl groups excluding tert-OH is 1. The second kappa shape index (κ2) is 7.68. The molecule has 5 rings (SSSR count). The first kappa shape index (κ1) is 25.5. The zero-order valence-electron chi connectivity index (χ0n) is 23.4. The molecule has 4 saturated carbocycles. The molecule has 10 atom stereocenters. The fourth-order valence-corrected chi connectivity index (χ4v) is 11.0. The van der Waals surface area contributed by atoms with Gasteiger partial charge in [0.2, 0.25) is 0 Å². The molecule has 4 nitrogen and oxygen atoms in total.